The van der Waals surface area contributed by atoms with Gasteiger partial charge in [0.05, 0.1) is 16.2 Å². The fourth-order valence-electron chi connectivity index (χ4n) is 3.29. The third-order valence-corrected chi connectivity index (χ3v) is 7.62. The highest BCUT2D eigenvalue weighted by Crippen LogP contribution is 2.28. The van der Waals surface area contributed by atoms with Gasteiger partial charge in [0.1, 0.15) is 5.01 Å². The van der Waals surface area contributed by atoms with Crippen LogP contribution in [0.2, 0.25) is 0 Å². The van der Waals surface area contributed by atoms with Gasteiger partial charge in [-0.15, -0.1) is 11.3 Å². The first kappa shape index (κ1) is 24.1. The second-order valence-corrected chi connectivity index (χ2v) is 11.2. The molecule has 2 N–H and O–H groups in total. The zero-order chi connectivity index (χ0) is 23.5. The van der Waals surface area contributed by atoms with Gasteiger partial charge in [-0.1, -0.05) is 58.0 Å². The van der Waals surface area contributed by atoms with Gasteiger partial charge in [0.2, 0.25) is 10.0 Å². The number of aromatic carboxylic acids is 1. The molecule has 6 nitrogen and oxygen atoms in total. The molecule has 8 heteroatoms. The smallest absolute Gasteiger partial charge is 0.336 e. The fourth-order valence-corrected chi connectivity index (χ4v) is 5.21. The number of hydrogen-bond donors (Lipinski definition) is 2. The van der Waals surface area contributed by atoms with Crippen LogP contribution >= 0.6 is 11.3 Å². The van der Waals surface area contributed by atoms with Gasteiger partial charge in [0.15, 0.2) is 0 Å². The normalized spacial score (nSPS) is 12.1. The molecule has 1 aromatic heterocycles. The lowest BCUT2D eigenvalue weighted by atomic mass is 9.87. The molecule has 3 aromatic rings. The summed E-state index contributed by atoms with van der Waals surface area (Å²) in [6.45, 7) is 8.52. The molecule has 0 saturated carbocycles. The molecule has 170 valence electrons. The molecule has 0 bridgehead atoms. The van der Waals surface area contributed by atoms with Crippen molar-refractivity contribution in [3.05, 3.63) is 70.2 Å². The number of thiazole rings is 1. The number of aromatic nitrogens is 1. The van der Waals surface area contributed by atoms with E-state index in [1.54, 1.807) is 6.07 Å². The third kappa shape index (κ3) is 5.62. The molecule has 32 heavy (non-hydrogen) atoms. The summed E-state index contributed by atoms with van der Waals surface area (Å²) in [5, 5.41) is 12.2. The van der Waals surface area contributed by atoms with E-state index in [1.807, 2.05) is 12.3 Å². The Morgan fingerprint density at radius 2 is 1.81 bits per heavy atom. The summed E-state index contributed by atoms with van der Waals surface area (Å²) >= 11 is 1.53. The van der Waals surface area contributed by atoms with Crippen LogP contribution in [0.1, 0.15) is 54.9 Å². The maximum absolute atomic E-state index is 12.6. The Morgan fingerprint density at radius 1 is 1.12 bits per heavy atom. The Hall–Kier alpha value is -2.55. The van der Waals surface area contributed by atoms with E-state index in [0.717, 1.165) is 16.3 Å². The second-order valence-electron chi connectivity index (χ2n) is 8.60. The van der Waals surface area contributed by atoms with Crippen LogP contribution in [-0.2, 0) is 28.3 Å². The second kappa shape index (κ2) is 9.52. The van der Waals surface area contributed by atoms with Gasteiger partial charge in [0.25, 0.3) is 0 Å². The van der Waals surface area contributed by atoms with E-state index in [0.29, 0.717) is 18.4 Å². The molecule has 3 rings (SSSR count). The van der Waals surface area contributed by atoms with Crippen molar-refractivity contribution in [2.24, 2.45) is 0 Å². The number of aryl methyl sites for hydroxylation is 1. The van der Waals surface area contributed by atoms with Crippen molar-refractivity contribution < 1.29 is 18.3 Å². The van der Waals surface area contributed by atoms with Crippen molar-refractivity contribution in [3.63, 3.8) is 0 Å². The fraction of sp³-hybridized carbons (Fsp3) is 0.333. The van der Waals surface area contributed by atoms with E-state index in [1.165, 1.54) is 29.0 Å². The third-order valence-electron chi connectivity index (χ3n) is 5.23. The molecule has 2 aromatic carbocycles. The van der Waals surface area contributed by atoms with Gasteiger partial charge in [-0.05, 0) is 35.1 Å². The van der Waals surface area contributed by atoms with Crippen LogP contribution < -0.4 is 4.72 Å². The molecule has 0 aliphatic rings. The van der Waals surface area contributed by atoms with Gasteiger partial charge < -0.3 is 5.11 Å². The maximum Gasteiger partial charge on any atom is 0.336 e. The Balaban J connectivity index is 1.65. The molecule has 0 amide bonds. The Bertz CT molecular complexity index is 1210. The van der Waals surface area contributed by atoms with Crippen LogP contribution in [0.3, 0.4) is 0 Å². The molecule has 0 aliphatic carbocycles. The number of rotatable bonds is 8. The van der Waals surface area contributed by atoms with Crippen LogP contribution in [-0.4, -0.2) is 31.0 Å². The molecule has 0 fully saturated rings. The monoisotopic (exact) mass is 472 g/mol. The predicted molar refractivity (Wildman–Crippen MR) is 128 cm³/mol. The average molecular weight is 473 g/mol. The summed E-state index contributed by atoms with van der Waals surface area (Å²) in [7, 11) is -3.81. The first-order valence-corrected chi connectivity index (χ1v) is 12.8. The standard InChI is InChI=1S/C24H28N2O4S2/c1-5-16-8-11-20(14-21(16)23(27)28)32(29,30)25-13-12-19-15-31-22(26-19)17-6-9-18(10-7-17)24(2,3)4/h6-11,14-15,25H,5,12-13H2,1-4H3,(H,27,28). The van der Waals surface area contributed by atoms with E-state index in [9.17, 15) is 18.3 Å². The summed E-state index contributed by atoms with van der Waals surface area (Å²) in [6, 6.07) is 12.6. The summed E-state index contributed by atoms with van der Waals surface area (Å²) in [5.41, 5.74) is 3.79. The number of benzene rings is 2. The minimum atomic E-state index is -3.81. The van der Waals surface area contributed by atoms with Crippen LogP contribution in [0.5, 0.6) is 0 Å². The molecule has 0 spiro atoms. The van der Waals surface area contributed by atoms with Crippen LogP contribution in [0.15, 0.2) is 52.7 Å². The zero-order valence-corrected chi connectivity index (χ0v) is 20.3. The highest BCUT2D eigenvalue weighted by Gasteiger charge is 2.18. The van der Waals surface area contributed by atoms with Crippen molar-refractivity contribution in [3.8, 4) is 10.6 Å². The Kier molecular flexibility index (Phi) is 7.17. The topological polar surface area (TPSA) is 96.4 Å². The van der Waals surface area contributed by atoms with Gasteiger partial charge >= 0.3 is 5.97 Å². The zero-order valence-electron chi connectivity index (χ0n) is 18.7. The maximum atomic E-state index is 12.6. The van der Waals surface area contributed by atoms with E-state index >= 15 is 0 Å². The minimum Gasteiger partial charge on any atom is -0.478 e. The van der Waals surface area contributed by atoms with Gasteiger partial charge in [-0.25, -0.2) is 22.9 Å². The lowest BCUT2D eigenvalue weighted by Crippen LogP contribution is -2.26. The van der Waals surface area contributed by atoms with Crippen molar-refractivity contribution in [1.29, 1.82) is 0 Å². The van der Waals surface area contributed by atoms with Crippen LogP contribution in [0, 0.1) is 0 Å². The quantitative estimate of drug-likeness (QED) is 0.487. The molecule has 0 saturated heterocycles. The molecular formula is C24H28N2O4S2. The van der Waals surface area contributed by atoms with Crippen LogP contribution in [0.25, 0.3) is 10.6 Å². The SMILES string of the molecule is CCc1ccc(S(=O)(=O)NCCc2csc(-c3ccc(C(C)(C)C)cc3)n2)cc1C(=O)O. The molecule has 0 atom stereocenters. The summed E-state index contributed by atoms with van der Waals surface area (Å²) < 4.78 is 27.8. The summed E-state index contributed by atoms with van der Waals surface area (Å²) in [5.74, 6) is -1.13. The number of nitrogens with zero attached hydrogens (tertiary/aromatic N) is 1. The largest absolute Gasteiger partial charge is 0.478 e. The molecule has 0 aliphatic heterocycles. The van der Waals surface area contributed by atoms with Crippen molar-refractivity contribution in [2.45, 2.75) is 50.8 Å². The molecule has 1 heterocycles. The molecular weight excluding hydrogens is 444 g/mol. The van der Waals surface area contributed by atoms with Crippen molar-refractivity contribution in [2.75, 3.05) is 6.54 Å². The van der Waals surface area contributed by atoms with Crippen molar-refractivity contribution in [1.82, 2.24) is 9.71 Å². The lowest BCUT2D eigenvalue weighted by molar-refractivity contribution is 0.0695. The van der Waals surface area contributed by atoms with E-state index in [4.69, 9.17) is 0 Å². The highest BCUT2D eigenvalue weighted by molar-refractivity contribution is 7.89. The molecule has 0 unspecified atom stereocenters. The van der Waals surface area contributed by atoms with Gasteiger partial charge in [0, 0.05) is 23.9 Å². The Labute approximate surface area is 193 Å². The average Bonchev–Trinajstić information content (AvgIpc) is 3.21. The number of carboxylic acids is 1. The van der Waals surface area contributed by atoms with E-state index in [-0.39, 0.29) is 22.4 Å². The summed E-state index contributed by atoms with van der Waals surface area (Å²) in [4.78, 5) is 16.0. The molecule has 0 radical (unpaired) electrons. The Morgan fingerprint density at radius 3 is 2.41 bits per heavy atom. The lowest BCUT2D eigenvalue weighted by Gasteiger charge is -2.18. The summed E-state index contributed by atoms with van der Waals surface area (Å²) in [6.07, 6.45) is 0.953. The highest BCUT2D eigenvalue weighted by atomic mass is 32.2. The minimum absolute atomic E-state index is 0.0111. The number of hydrogen-bond acceptors (Lipinski definition) is 5. The number of nitrogens with one attached hydrogen (secondary N) is 1. The van der Waals surface area contributed by atoms with Crippen molar-refractivity contribution >= 4 is 27.3 Å². The van der Waals surface area contributed by atoms with Gasteiger partial charge in [-0.3, -0.25) is 0 Å². The number of carbonyl (C=O) groups is 1. The first-order chi connectivity index (χ1) is 15.0. The van der Waals surface area contributed by atoms with E-state index < -0.39 is 16.0 Å². The number of sulfonamides is 1. The van der Waals surface area contributed by atoms with E-state index in [2.05, 4.69) is 54.7 Å². The number of carboxylic acid groups (broad SMARTS) is 1. The van der Waals surface area contributed by atoms with Crippen LogP contribution in [0.4, 0.5) is 0 Å². The predicted octanol–water partition coefficient (Wildman–Crippen LogP) is 4.89. The first-order valence-electron chi connectivity index (χ1n) is 10.4. The van der Waals surface area contributed by atoms with Gasteiger partial charge in [-0.2, -0.15) is 0 Å².